The number of thioether (sulfide) groups is 1. The molecule has 0 aromatic carbocycles. The molecule has 2 aliphatic rings. The third-order valence-electron chi connectivity index (χ3n) is 4.56. The van der Waals surface area contributed by atoms with Crippen molar-refractivity contribution in [3.8, 4) is 0 Å². The highest BCUT2D eigenvalue weighted by Crippen LogP contribution is 2.40. The van der Waals surface area contributed by atoms with Gasteiger partial charge in [-0.1, -0.05) is 26.2 Å². The molecule has 2 unspecified atom stereocenters. The van der Waals surface area contributed by atoms with Gasteiger partial charge < -0.3 is 4.90 Å². The summed E-state index contributed by atoms with van der Waals surface area (Å²) in [6, 6.07) is 0.0440. The minimum atomic E-state index is 0.0440. The summed E-state index contributed by atoms with van der Waals surface area (Å²) in [5.74, 6) is 0.309. The highest BCUT2D eigenvalue weighted by atomic mass is 32.2. The van der Waals surface area contributed by atoms with E-state index in [1.54, 1.807) is 0 Å². The summed E-state index contributed by atoms with van der Waals surface area (Å²) >= 11 is 1.97. The van der Waals surface area contributed by atoms with Crippen molar-refractivity contribution in [1.82, 2.24) is 10.2 Å². The lowest BCUT2D eigenvalue weighted by atomic mass is 9.87. The van der Waals surface area contributed by atoms with Crippen molar-refractivity contribution in [3.05, 3.63) is 0 Å². The molecule has 2 atom stereocenters. The molecule has 1 saturated heterocycles. The standard InChI is InChI=1S/C14H26N2OS/c1-4-12-13(17)16(11(2)15-12)10-14(18-3)8-6-5-7-9-14/h11-12,15H,4-10H2,1-3H3. The molecular formula is C14H26N2OS. The molecule has 0 radical (unpaired) electrons. The van der Waals surface area contributed by atoms with Crippen molar-refractivity contribution in [2.75, 3.05) is 12.8 Å². The molecule has 1 aliphatic heterocycles. The number of nitrogens with one attached hydrogen (secondary N) is 1. The number of carbonyl (C=O) groups is 1. The molecule has 104 valence electrons. The molecule has 2 rings (SSSR count). The van der Waals surface area contributed by atoms with Gasteiger partial charge in [0.05, 0.1) is 12.2 Å². The fourth-order valence-corrected chi connectivity index (χ4v) is 4.25. The third kappa shape index (κ3) is 2.69. The maximum absolute atomic E-state index is 12.3. The zero-order valence-electron chi connectivity index (χ0n) is 11.9. The molecule has 0 spiro atoms. The van der Waals surface area contributed by atoms with Crippen LogP contribution in [0.4, 0.5) is 0 Å². The van der Waals surface area contributed by atoms with E-state index >= 15 is 0 Å². The minimum absolute atomic E-state index is 0.0440. The van der Waals surface area contributed by atoms with Crippen molar-refractivity contribution in [2.45, 2.75) is 69.3 Å². The van der Waals surface area contributed by atoms with Crippen LogP contribution in [0.15, 0.2) is 0 Å². The van der Waals surface area contributed by atoms with Gasteiger partial charge in [-0.2, -0.15) is 11.8 Å². The molecule has 3 nitrogen and oxygen atoms in total. The molecule has 0 bridgehead atoms. The normalized spacial score (nSPS) is 31.9. The number of rotatable bonds is 4. The Balaban J connectivity index is 2.05. The maximum Gasteiger partial charge on any atom is 0.241 e. The van der Waals surface area contributed by atoms with Crippen LogP contribution in [0.3, 0.4) is 0 Å². The molecule has 2 fully saturated rings. The molecule has 18 heavy (non-hydrogen) atoms. The van der Waals surface area contributed by atoms with E-state index < -0.39 is 0 Å². The van der Waals surface area contributed by atoms with Gasteiger partial charge in [0.25, 0.3) is 0 Å². The van der Waals surface area contributed by atoms with Gasteiger partial charge in [0.15, 0.2) is 0 Å². The number of nitrogens with zero attached hydrogens (tertiary/aromatic N) is 1. The number of hydrogen-bond acceptors (Lipinski definition) is 3. The first-order valence-electron chi connectivity index (χ1n) is 7.23. The summed E-state index contributed by atoms with van der Waals surface area (Å²) in [5, 5.41) is 3.40. The third-order valence-corrected chi connectivity index (χ3v) is 5.96. The van der Waals surface area contributed by atoms with Crippen molar-refractivity contribution in [3.63, 3.8) is 0 Å². The Morgan fingerprint density at radius 2 is 2.06 bits per heavy atom. The second-order valence-corrected chi connectivity index (χ2v) is 6.99. The Hall–Kier alpha value is -0.220. The van der Waals surface area contributed by atoms with E-state index in [-0.39, 0.29) is 12.2 Å². The number of carbonyl (C=O) groups excluding carboxylic acids is 1. The molecule has 1 saturated carbocycles. The second-order valence-electron chi connectivity index (χ2n) is 5.72. The monoisotopic (exact) mass is 270 g/mol. The molecule has 0 aromatic rings. The zero-order valence-corrected chi connectivity index (χ0v) is 12.7. The van der Waals surface area contributed by atoms with Gasteiger partial charge in [-0.15, -0.1) is 0 Å². The van der Waals surface area contributed by atoms with Crippen LogP contribution < -0.4 is 5.32 Å². The Kier molecular flexibility index (Phi) is 4.59. The Labute approximate surface area is 115 Å². The predicted molar refractivity (Wildman–Crippen MR) is 77.7 cm³/mol. The van der Waals surface area contributed by atoms with Gasteiger partial charge >= 0.3 is 0 Å². The van der Waals surface area contributed by atoms with Crippen molar-refractivity contribution >= 4 is 17.7 Å². The Bertz CT molecular complexity index is 302. The smallest absolute Gasteiger partial charge is 0.241 e. The lowest BCUT2D eigenvalue weighted by Gasteiger charge is -2.39. The molecule has 1 aliphatic carbocycles. The Morgan fingerprint density at radius 1 is 1.39 bits per heavy atom. The number of hydrogen-bond donors (Lipinski definition) is 1. The topological polar surface area (TPSA) is 32.3 Å². The maximum atomic E-state index is 12.3. The van der Waals surface area contributed by atoms with Crippen molar-refractivity contribution in [1.29, 1.82) is 0 Å². The van der Waals surface area contributed by atoms with Crippen LogP contribution in [0.25, 0.3) is 0 Å². The van der Waals surface area contributed by atoms with Crippen molar-refractivity contribution < 1.29 is 4.79 Å². The van der Waals surface area contributed by atoms with Gasteiger partial charge in [0.1, 0.15) is 0 Å². The fourth-order valence-electron chi connectivity index (χ4n) is 3.28. The van der Waals surface area contributed by atoms with E-state index in [1.807, 2.05) is 11.8 Å². The quantitative estimate of drug-likeness (QED) is 0.852. The Morgan fingerprint density at radius 3 is 2.56 bits per heavy atom. The summed E-state index contributed by atoms with van der Waals surface area (Å²) in [6.45, 7) is 5.12. The first-order chi connectivity index (χ1) is 8.62. The van der Waals surface area contributed by atoms with Crippen LogP contribution >= 0.6 is 11.8 Å². The van der Waals surface area contributed by atoms with E-state index in [0.29, 0.717) is 10.7 Å². The van der Waals surface area contributed by atoms with E-state index in [4.69, 9.17) is 0 Å². The molecule has 4 heteroatoms. The number of amides is 1. The summed E-state index contributed by atoms with van der Waals surface area (Å²) < 4.78 is 0.312. The van der Waals surface area contributed by atoms with E-state index in [1.165, 1.54) is 32.1 Å². The van der Waals surface area contributed by atoms with Crippen LogP contribution in [0.1, 0.15) is 52.4 Å². The predicted octanol–water partition coefficient (Wildman–Crippen LogP) is 2.61. The van der Waals surface area contributed by atoms with E-state index in [9.17, 15) is 4.79 Å². The first-order valence-corrected chi connectivity index (χ1v) is 8.46. The van der Waals surface area contributed by atoms with Crippen LogP contribution in [0, 0.1) is 0 Å². The highest BCUT2D eigenvalue weighted by molar-refractivity contribution is 8.00. The first kappa shape index (κ1) is 14.2. The summed E-state index contributed by atoms with van der Waals surface area (Å²) in [6.07, 6.45) is 9.84. The van der Waals surface area contributed by atoms with Gasteiger partial charge in [0.2, 0.25) is 5.91 Å². The molecule has 0 aromatic heterocycles. The van der Waals surface area contributed by atoms with Gasteiger partial charge in [0, 0.05) is 11.3 Å². The average molecular weight is 270 g/mol. The lowest BCUT2D eigenvalue weighted by molar-refractivity contribution is -0.130. The van der Waals surface area contributed by atoms with Crippen LogP contribution in [0.5, 0.6) is 0 Å². The second kappa shape index (κ2) is 5.83. The van der Waals surface area contributed by atoms with Gasteiger partial charge in [-0.05, 0) is 32.4 Å². The SMILES string of the molecule is CCC1NC(C)N(CC2(SC)CCCCC2)C1=O. The zero-order chi connectivity index (χ0) is 13.2. The van der Waals surface area contributed by atoms with Crippen LogP contribution in [-0.2, 0) is 4.79 Å². The lowest BCUT2D eigenvalue weighted by Crippen LogP contribution is -2.46. The molecule has 1 heterocycles. The summed E-state index contributed by atoms with van der Waals surface area (Å²) in [4.78, 5) is 14.4. The largest absolute Gasteiger partial charge is 0.325 e. The van der Waals surface area contributed by atoms with Crippen LogP contribution in [0.2, 0.25) is 0 Å². The molecular weight excluding hydrogens is 244 g/mol. The van der Waals surface area contributed by atoms with E-state index in [0.717, 1.165) is 13.0 Å². The summed E-state index contributed by atoms with van der Waals surface area (Å²) in [7, 11) is 0. The van der Waals surface area contributed by atoms with E-state index in [2.05, 4.69) is 30.3 Å². The van der Waals surface area contributed by atoms with Crippen LogP contribution in [-0.4, -0.2) is 40.6 Å². The van der Waals surface area contributed by atoms with Gasteiger partial charge in [-0.3, -0.25) is 10.1 Å². The average Bonchev–Trinajstić information content (AvgIpc) is 2.67. The minimum Gasteiger partial charge on any atom is -0.325 e. The summed E-state index contributed by atoms with van der Waals surface area (Å²) in [5.41, 5.74) is 0. The fraction of sp³-hybridized carbons (Fsp3) is 0.929. The molecule has 1 N–H and O–H groups in total. The van der Waals surface area contributed by atoms with Crippen molar-refractivity contribution in [2.24, 2.45) is 0 Å². The molecule has 1 amide bonds. The van der Waals surface area contributed by atoms with Gasteiger partial charge in [-0.25, -0.2) is 0 Å². The highest BCUT2D eigenvalue weighted by Gasteiger charge is 2.41.